The zero-order valence-electron chi connectivity index (χ0n) is 13.1. The number of likely N-dealkylation sites (tertiary alicyclic amines) is 1. The van der Waals surface area contributed by atoms with Gasteiger partial charge in [-0.25, -0.2) is 5.43 Å². The summed E-state index contributed by atoms with van der Waals surface area (Å²) in [4.78, 5) is 25.2. The number of nitrogens with one attached hydrogen (secondary N) is 1. The minimum atomic E-state index is -0.362. The van der Waals surface area contributed by atoms with E-state index in [9.17, 15) is 14.7 Å². The predicted molar refractivity (Wildman–Crippen MR) is 85.4 cm³/mol. The van der Waals surface area contributed by atoms with Crippen LogP contribution in [0.3, 0.4) is 0 Å². The standard InChI is InChI=1S/C16H21N3O4/c1-23-13-7-5-6-12(16(13)22)10-17-18-14(20)11-19-9-4-2-3-8-15(19)21/h5-7,10,22H,2-4,8-9,11H2,1H3,(H,18,20)/b17-10+. The lowest BCUT2D eigenvalue weighted by atomic mass is 10.2. The Labute approximate surface area is 134 Å². The van der Waals surface area contributed by atoms with Gasteiger partial charge in [0.1, 0.15) is 6.54 Å². The number of ether oxygens (including phenoxy) is 1. The zero-order chi connectivity index (χ0) is 16.7. The van der Waals surface area contributed by atoms with Crippen molar-refractivity contribution in [2.45, 2.75) is 25.7 Å². The van der Waals surface area contributed by atoms with Crippen molar-refractivity contribution in [1.82, 2.24) is 10.3 Å². The second-order valence-corrected chi connectivity index (χ2v) is 5.32. The number of rotatable bonds is 5. The molecule has 124 valence electrons. The van der Waals surface area contributed by atoms with Gasteiger partial charge in [-0.05, 0) is 25.0 Å². The molecular weight excluding hydrogens is 298 g/mol. The number of phenols is 1. The molecule has 0 spiro atoms. The van der Waals surface area contributed by atoms with Gasteiger partial charge in [0.2, 0.25) is 5.91 Å². The van der Waals surface area contributed by atoms with E-state index in [0.717, 1.165) is 19.3 Å². The molecule has 1 aromatic carbocycles. The molecule has 1 aromatic rings. The van der Waals surface area contributed by atoms with E-state index in [-0.39, 0.29) is 24.1 Å². The molecule has 7 nitrogen and oxygen atoms in total. The summed E-state index contributed by atoms with van der Waals surface area (Å²) in [7, 11) is 1.45. The number of nitrogens with zero attached hydrogens (tertiary/aromatic N) is 2. The highest BCUT2D eigenvalue weighted by Gasteiger charge is 2.18. The normalized spacial score (nSPS) is 15.5. The van der Waals surface area contributed by atoms with Gasteiger partial charge < -0.3 is 14.7 Å². The summed E-state index contributed by atoms with van der Waals surface area (Å²) < 4.78 is 4.99. The van der Waals surface area contributed by atoms with E-state index in [4.69, 9.17) is 4.74 Å². The van der Waals surface area contributed by atoms with Crippen molar-refractivity contribution in [2.75, 3.05) is 20.2 Å². The summed E-state index contributed by atoms with van der Waals surface area (Å²) in [5, 5.41) is 13.7. The van der Waals surface area contributed by atoms with Gasteiger partial charge in [-0.2, -0.15) is 5.10 Å². The van der Waals surface area contributed by atoms with Gasteiger partial charge >= 0.3 is 0 Å². The van der Waals surface area contributed by atoms with Crippen LogP contribution in [0, 0.1) is 0 Å². The summed E-state index contributed by atoms with van der Waals surface area (Å²) in [5.74, 6) is -0.0721. The van der Waals surface area contributed by atoms with Gasteiger partial charge in [0.05, 0.1) is 13.3 Å². The zero-order valence-corrected chi connectivity index (χ0v) is 13.1. The maximum Gasteiger partial charge on any atom is 0.259 e. The lowest BCUT2D eigenvalue weighted by Crippen LogP contribution is -2.39. The predicted octanol–water partition coefficient (Wildman–Crippen LogP) is 1.25. The van der Waals surface area contributed by atoms with Crippen LogP contribution in [0.5, 0.6) is 11.5 Å². The molecule has 0 aromatic heterocycles. The van der Waals surface area contributed by atoms with Gasteiger partial charge in [0.25, 0.3) is 5.91 Å². The first-order valence-corrected chi connectivity index (χ1v) is 7.57. The minimum absolute atomic E-state index is 0.000264. The summed E-state index contributed by atoms with van der Waals surface area (Å²) in [6, 6.07) is 4.97. The van der Waals surface area contributed by atoms with Crippen molar-refractivity contribution in [2.24, 2.45) is 5.10 Å². The van der Waals surface area contributed by atoms with E-state index in [1.165, 1.54) is 13.3 Å². The summed E-state index contributed by atoms with van der Waals surface area (Å²) in [5.41, 5.74) is 2.80. The van der Waals surface area contributed by atoms with Crippen molar-refractivity contribution in [3.63, 3.8) is 0 Å². The summed E-state index contributed by atoms with van der Waals surface area (Å²) >= 11 is 0. The molecule has 2 N–H and O–H groups in total. The molecule has 7 heteroatoms. The van der Waals surface area contributed by atoms with E-state index in [1.54, 1.807) is 23.1 Å². The Morgan fingerprint density at radius 2 is 2.26 bits per heavy atom. The quantitative estimate of drug-likeness (QED) is 0.631. The molecule has 0 atom stereocenters. The number of hydrogen-bond donors (Lipinski definition) is 2. The third-order valence-corrected chi connectivity index (χ3v) is 3.65. The molecule has 2 amide bonds. The van der Waals surface area contributed by atoms with Gasteiger partial charge in [-0.3, -0.25) is 9.59 Å². The molecular formula is C16H21N3O4. The van der Waals surface area contributed by atoms with Gasteiger partial charge in [0.15, 0.2) is 11.5 Å². The second-order valence-electron chi connectivity index (χ2n) is 5.32. The van der Waals surface area contributed by atoms with E-state index >= 15 is 0 Å². The monoisotopic (exact) mass is 319 g/mol. The molecule has 2 rings (SSSR count). The molecule has 1 fully saturated rings. The SMILES string of the molecule is COc1cccc(/C=N/NC(=O)CN2CCCCCC2=O)c1O. The molecule has 1 aliphatic heterocycles. The van der Waals surface area contributed by atoms with Crippen LogP contribution in [0.4, 0.5) is 0 Å². The highest BCUT2D eigenvalue weighted by atomic mass is 16.5. The molecule has 23 heavy (non-hydrogen) atoms. The Balaban J connectivity index is 1.90. The van der Waals surface area contributed by atoms with Gasteiger partial charge in [-0.1, -0.05) is 12.5 Å². The second kappa shape index (κ2) is 8.17. The number of aromatic hydroxyl groups is 1. The first kappa shape index (κ1) is 16.8. The maximum absolute atomic E-state index is 11.9. The maximum atomic E-state index is 11.9. The number of hydrogen-bond acceptors (Lipinski definition) is 5. The molecule has 0 aliphatic carbocycles. The van der Waals surface area contributed by atoms with Crippen molar-refractivity contribution in [1.29, 1.82) is 0 Å². The van der Waals surface area contributed by atoms with Gasteiger partial charge in [0, 0.05) is 18.5 Å². The number of amides is 2. The van der Waals surface area contributed by atoms with E-state index in [0.29, 0.717) is 24.3 Å². The highest BCUT2D eigenvalue weighted by Crippen LogP contribution is 2.27. The molecule has 0 bridgehead atoms. The third kappa shape index (κ3) is 4.70. The number of hydrazone groups is 1. The molecule has 0 saturated carbocycles. The Morgan fingerprint density at radius 1 is 1.43 bits per heavy atom. The number of carbonyl (C=O) groups excluding carboxylic acids is 2. The third-order valence-electron chi connectivity index (χ3n) is 3.65. The van der Waals surface area contributed by atoms with Crippen LogP contribution >= 0.6 is 0 Å². The fourth-order valence-corrected chi connectivity index (χ4v) is 2.40. The van der Waals surface area contributed by atoms with Crippen LogP contribution in [0.2, 0.25) is 0 Å². The van der Waals surface area contributed by atoms with Gasteiger partial charge in [-0.15, -0.1) is 0 Å². The number of benzene rings is 1. The minimum Gasteiger partial charge on any atom is -0.504 e. The molecule has 0 radical (unpaired) electrons. The molecule has 1 saturated heterocycles. The van der Waals surface area contributed by atoms with E-state index in [1.807, 2.05) is 0 Å². The first-order valence-electron chi connectivity index (χ1n) is 7.57. The molecule has 0 unspecified atom stereocenters. The Hall–Kier alpha value is -2.57. The number of para-hydroxylation sites is 1. The largest absolute Gasteiger partial charge is 0.504 e. The number of phenolic OH excluding ortho intramolecular Hbond substituents is 1. The average molecular weight is 319 g/mol. The van der Waals surface area contributed by atoms with Crippen LogP contribution in [0.25, 0.3) is 0 Å². The lowest BCUT2D eigenvalue weighted by Gasteiger charge is -2.18. The van der Waals surface area contributed by atoms with Crippen molar-refractivity contribution >= 4 is 18.0 Å². The van der Waals surface area contributed by atoms with Crippen LogP contribution in [-0.4, -0.2) is 48.2 Å². The number of carbonyl (C=O) groups is 2. The van der Waals surface area contributed by atoms with E-state index < -0.39 is 0 Å². The lowest BCUT2D eigenvalue weighted by molar-refractivity contribution is -0.135. The Kier molecular flexibility index (Phi) is 5.96. The average Bonchev–Trinajstić information content (AvgIpc) is 2.74. The summed E-state index contributed by atoms with van der Waals surface area (Å²) in [6.45, 7) is 0.604. The smallest absolute Gasteiger partial charge is 0.259 e. The van der Waals surface area contributed by atoms with Crippen LogP contribution in [0.15, 0.2) is 23.3 Å². The Bertz CT molecular complexity index is 601. The summed E-state index contributed by atoms with van der Waals surface area (Å²) in [6.07, 6.45) is 4.63. The van der Waals surface area contributed by atoms with Crippen LogP contribution in [0.1, 0.15) is 31.2 Å². The van der Waals surface area contributed by atoms with E-state index in [2.05, 4.69) is 10.5 Å². The van der Waals surface area contributed by atoms with Crippen molar-refractivity contribution < 1.29 is 19.4 Å². The van der Waals surface area contributed by atoms with Crippen LogP contribution < -0.4 is 10.2 Å². The highest BCUT2D eigenvalue weighted by molar-refractivity contribution is 5.88. The fraction of sp³-hybridized carbons (Fsp3) is 0.438. The topological polar surface area (TPSA) is 91.2 Å². The number of methoxy groups -OCH3 is 1. The van der Waals surface area contributed by atoms with Crippen LogP contribution in [-0.2, 0) is 9.59 Å². The van der Waals surface area contributed by atoms with Crippen molar-refractivity contribution in [3.05, 3.63) is 23.8 Å². The van der Waals surface area contributed by atoms with Crippen molar-refractivity contribution in [3.8, 4) is 11.5 Å². The fourth-order valence-electron chi connectivity index (χ4n) is 2.40. The molecule has 1 aliphatic rings. The molecule has 1 heterocycles. The Morgan fingerprint density at radius 3 is 3.04 bits per heavy atom. The first-order chi connectivity index (χ1) is 11.1.